The zero-order valence-electron chi connectivity index (χ0n) is 13.6. The van der Waals surface area contributed by atoms with Crippen LogP contribution in [-0.2, 0) is 16.0 Å². The molecule has 0 spiro atoms. The van der Waals surface area contributed by atoms with Crippen LogP contribution < -0.4 is 10.2 Å². The molecule has 0 saturated heterocycles. The zero-order valence-corrected chi connectivity index (χ0v) is 13.6. The summed E-state index contributed by atoms with van der Waals surface area (Å²) in [4.78, 5) is 24.6. The standard InChI is InChI=1S/C17H21NO5/c1-4-22-10-9-18-11-13(17(20)23-5-2)16(19)12-7-6-8-14(21-3)15(12)18/h6-8,11H,4-5,9-10H2,1-3H3. The van der Waals surface area contributed by atoms with Crippen molar-refractivity contribution in [3.8, 4) is 5.75 Å². The number of carbonyl (C=O) groups excluding carboxylic acids is 1. The minimum atomic E-state index is -0.618. The minimum Gasteiger partial charge on any atom is -0.495 e. The number of methoxy groups -OCH3 is 1. The Morgan fingerprint density at radius 2 is 2.00 bits per heavy atom. The fourth-order valence-corrected chi connectivity index (χ4v) is 2.43. The van der Waals surface area contributed by atoms with Crippen molar-refractivity contribution in [1.29, 1.82) is 0 Å². The number of aromatic nitrogens is 1. The molecule has 0 radical (unpaired) electrons. The Balaban J connectivity index is 2.65. The average Bonchev–Trinajstić information content (AvgIpc) is 2.56. The molecule has 0 bridgehead atoms. The Hall–Kier alpha value is -2.34. The Morgan fingerprint density at radius 3 is 2.65 bits per heavy atom. The van der Waals surface area contributed by atoms with Crippen LogP contribution >= 0.6 is 0 Å². The van der Waals surface area contributed by atoms with Crippen molar-refractivity contribution in [2.75, 3.05) is 26.9 Å². The van der Waals surface area contributed by atoms with E-state index in [9.17, 15) is 9.59 Å². The van der Waals surface area contributed by atoms with Crippen LogP contribution in [0, 0.1) is 0 Å². The van der Waals surface area contributed by atoms with Crippen LogP contribution in [0.4, 0.5) is 0 Å². The molecule has 0 aliphatic carbocycles. The first-order chi connectivity index (χ1) is 11.1. The number of benzene rings is 1. The monoisotopic (exact) mass is 319 g/mol. The van der Waals surface area contributed by atoms with Gasteiger partial charge in [0.05, 0.1) is 31.2 Å². The highest BCUT2D eigenvalue weighted by atomic mass is 16.5. The van der Waals surface area contributed by atoms with E-state index in [0.29, 0.717) is 36.4 Å². The van der Waals surface area contributed by atoms with Gasteiger partial charge in [0, 0.05) is 19.3 Å². The third-order valence-electron chi connectivity index (χ3n) is 3.46. The first-order valence-corrected chi connectivity index (χ1v) is 7.59. The molecule has 0 aliphatic rings. The van der Waals surface area contributed by atoms with E-state index >= 15 is 0 Å². The van der Waals surface area contributed by atoms with Crippen LogP contribution in [0.5, 0.6) is 5.75 Å². The Kier molecular flexibility index (Phi) is 5.76. The molecule has 0 atom stereocenters. The van der Waals surface area contributed by atoms with Crippen molar-refractivity contribution >= 4 is 16.9 Å². The maximum Gasteiger partial charge on any atom is 0.343 e. The lowest BCUT2D eigenvalue weighted by atomic mass is 10.1. The number of esters is 1. The first kappa shape index (κ1) is 17.0. The van der Waals surface area contributed by atoms with Gasteiger partial charge >= 0.3 is 5.97 Å². The van der Waals surface area contributed by atoms with Crippen molar-refractivity contribution < 1.29 is 19.0 Å². The van der Waals surface area contributed by atoms with Gasteiger partial charge in [0.25, 0.3) is 0 Å². The number of fused-ring (bicyclic) bond motifs is 1. The average molecular weight is 319 g/mol. The SMILES string of the molecule is CCOCCn1cc(C(=O)OCC)c(=O)c2cccc(OC)c21. The molecule has 0 fully saturated rings. The third-order valence-corrected chi connectivity index (χ3v) is 3.46. The molecule has 1 heterocycles. The van der Waals surface area contributed by atoms with Crippen LogP contribution in [0.3, 0.4) is 0 Å². The van der Waals surface area contributed by atoms with Gasteiger partial charge in [-0.1, -0.05) is 6.07 Å². The summed E-state index contributed by atoms with van der Waals surface area (Å²) in [5.41, 5.74) is 0.307. The smallest absolute Gasteiger partial charge is 0.343 e. The van der Waals surface area contributed by atoms with Crippen LogP contribution in [0.1, 0.15) is 24.2 Å². The lowest BCUT2D eigenvalue weighted by Gasteiger charge is -2.15. The number of hydrogen-bond donors (Lipinski definition) is 0. The molecule has 6 nitrogen and oxygen atoms in total. The largest absolute Gasteiger partial charge is 0.495 e. The second-order valence-corrected chi connectivity index (χ2v) is 4.84. The number of hydrogen-bond acceptors (Lipinski definition) is 5. The summed E-state index contributed by atoms with van der Waals surface area (Å²) in [5.74, 6) is -0.0427. The molecule has 23 heavy (non-hydrogen) atoms. The van der Waals surface area contributed by atoms with Gasteiger partial charge in [-0.25, -0.2) is 4.79 Å². The minimum absolute atomic E-state index is 0.0177. The van der Waals surface area contributed by atoms with Crippen molar-refractivity contribution in [2.24, 2.45) is 0 Å². The Bertz CT molecular complexity index is 750. The van der Waals surface area contributed by atoms with Gasteiger partial charge in [0.15, 0.2) is 0 Å². The maximum absolute atomic E-state index is 12.6. The Labute approximate surface area is 134 Å². The van der Waals surface area contributed by atoms with Crippen LogP contribution in [0.15, 0.2) is 29.2 Å². The molecule has 0 N–H and O–H groups in total. The molecule has 6 heteroatoms. The second kappa shape index (κ2) is 7.78. The molecule has 2 rings (SSSR count). The van der Waals surface area contributed by atoms with Crippen LogP contribution in [-0.4, -0.2) is 37.5 Å². The van der Waals surface area contributed by atoms with Gasteiger partial charge in [-0.3, -0.25) is 4.79 Å². The molecular formula is C17H21NO5. The van der Waals surface area contributed by atoms with Crippen molar-refractivity contribution in [3.05, 3.63) is 40.2 Å². The van der Waals surface area contributed by atoms with E-state index in [1.807, 2.05) is 6.92 Å². The quantitative estimate of drug-likeness (QED) is 0.578. The van der Waals surface area contributed by atoms with Gasteiger partial charge in [0.2, 0.25) is 5.43 Å². The summed E-state index contributed by atoms with van der Waals surface area (Å²) in [6.45, 7) is 5.39. The number of ether oxygens (including phenoxy) is 3. The number of nitrogens with zero attached hydrogens (tertiary/aromatic N) is 1. The third kappa shape index (κ3) is 3.53. The van der Waals surface area contributed by atoms with E-state index < -0.39 is 5.97 Å². The summed E-state index contributed by atoms with van der Waals surface area (Å²) >= 11 is 0. The highest BCUT2D eigenvalue weighted by molar-refractivity contribution is 5.95. The molecule has 0 amide bonds. The lowest BCUT2D eigenvalue weighted by molar-refractivity contribution is 0.0523. The van der Waals surface area contributed by atoms with Gasteiger partial charge in [-0.05, 0) is 26.0 Å². The molecule has 0 saturated carbocycles. The van der Waals surface area contributed by atoms with Gasteiger partial charge in [-0.2, -0.15) is 0 Å². The molecular weight excluding hydrogens is 298 g/mol. The fraction of sp³-hybridized carbons (Fsp3) is 0.412. The van der Waals surface area contributed by atoms with E-state index in [0.717, 1.165) is 0 Å². The van der Waals surface area contributed by atoms with Crippen molar-refractivity contribution in [1.82, 2.24) is 4.57 Å². The fourth-order valence-electron chi connectivity index (χ4n) is 2.43. The summed E-state index contributed by atoms with van der Waals surface area (Å²) in [6.07, 6.45) is 1.52. The molecule has 0 unspecified atom stereocenters. The summed E-state index contributed by atoms with van der Waals surface area (Å²) in [5, 5.41) is 0.423. The van der Waals surface area contributed by atoms with E-state index in [-0.39, 0.29) is 17.6 Å². The second-order valence-electron chi connectivity index (χ2n) is 4.84. The number of carbonyl (C=O) groups is 1. The Morgan fingerprint density at radius 1 is 1.22 bits per heavy atom. The molecule has 2 aromatic rings. The zero-order chi connectivity index (χ0) is 16.8. The molecule has 0 aliphatic heterocycles. The van der Waals surface area contributed by atoms with E-state index in [1.165, 1.54) is 6.20 Å². The van der Waals surface area contributed by atoms with E-state index in [4.69, 9.17) is 14.2 Å². The summed E-state index contributed by atoms with van der Waals surface area (Å²) < 4.78 is 17.5. The summed E-state index contributed by atoms with van der Waals surface area (Å²) in [7, 11) is 1.55. The maximum atomic E-state index is 12.6. The van der Waals surface area contributed by atoms with E-state index in [2.05, 4.69) is 0 Å². The predicted octanol–water partition coefficient (Wildman–Crippen LogP) is 2.22. The highest BCUT2D eigenvalue weighted by Crippen LogP contribution is 2.24. The van der Waals surface area contributed by atoms with Crippen molar-refractivity contribution in [3.63, 3.8) is 0 Å². The summed E-state index contributed by atoms with van der Waals surface area (Å²) in [6, 6.07) is 5.19. The predicted molar refractivity (Wildman–Crippen MR) is 87.2 cm³/mol. The molecule has 1 aromatic heterocycles. The van der Waals surface area contributed by atoms with Gasteiger partial charge in [0.1, 0.15) is 11.3 Å². The van der Waals surface area contributed by atoms with Gasteiger partial charge < -0.3 is 18.8 Å². The molecule has 124 valence electrons. The lowest BCUT2D eigenvalue weighted by Crippen LogP contribution is -2.22. The molecule has 1 aromatic carbocycles. The first-order valence-electron chi connectivity index (χ1n) is 7.59. The van der Waals surface area contributed by atoms with Crippen LogP contribution in [0.25, 0.3) is 10.9 Å². The van der Waals surface area contributed by atoms with E-state index in [1.54, 1.807) is 36.8 Å². The number of pyridine rings is 1. The normalized spacial score (nSPS) is 10.7. The highest BCUT2D eigenvalue weighted by Gasteiger charge is 2.18. The van der Waals surface area contributed by atoms with Crippen LogP contribution in [0.2, 0.25) is 0 Å². The van der Waals surface area contributed by atoms with Crippen molar-refractivity contribution in [2.45, 2.75) is 20.4 Å². The topological polar surface area (TPSA) is 66.8 Å². The number of rotatable bonds is 7. The van der Waals surface area contributed by atoms with Gasteiger partial charge in [-0.15, -0.1) is 0 Å². The number of para-hydroxylation sites is 1.